The highest BCUT2D eigenvalue weighted by molar-refractivity contribution is 5.97. The number of nitrogens with two attached hydrogens (primary N) is 1. The summed E-state index contributed by atoms with van der Waals surface area (Å²) in [5, 5.41) is 32.3. The molecule has 59 heavy (non-hydrogen) atoms. The second-order valence-electron chi connectivity index (χ2n) is 15.8. The van der Waals surface area contributed by atoms with Crippen molar-refractivity contribution in [1.82, 2.24) is 36.4 Å². The summed E-state index contributed by atoms with van der Waals surface area (Å²) in [6.07, 6.45) is 3.09. The van der Waals surface area contributed by atoms with E-state index in [0.29, 0.717) is 11.5 Å². The Morgan fingerprint density at radius 1 is 0.729 bits per heavy atom. The van der Waals surface area contributed by atoms with E-state index in [2.05, 4.69) is 31.6 Å². The largest absolute Gasteiger partial charge is 0.481 e. The van der Waals surface area contributed by atoms with E-state index in [1.165, 1.54) is 0 Å². The highest BCUT2D eigenvalue weighted by atomic mass is 16.4. The number of carbonyl (C=O) groups is 8. The summed E-state index contributed by atoms with van der Waals surface area (Å²) in [5.41, 5.74) is 6.01. The smallest absolute Gasteiger partial charge is 0.326 e. The van der Waals surface area contributed by atoms with Crippen molar-refractivity contribution >= 4 is 53.3 Å². The van der Waals surface area contributed by atoms with Crippen LogP contribution in [-0.4, -0.2) is 138 Å². The van der Waals surface area contributed by atoms with Crippen molar-refractivity contribution in [3.63, 3.8) is 0 Å². The van der Waals surface area contributed by atoms with Gasteiger partial charge in [0.2, 0.25) is 35.4 Å². The summed E-state index contributed by atoms with van der Waals surface area (Å²) in [5.74, 6) is -7.33. The topological polar surface area (TPSA) is 282 Å². The molecule has 1 aromatic carbocycles. The Hall–Kier alpha value is -5.75. The third-order valence-electron chi connectivity index (χ3n) is 9.67. The molecule has 9 N–H and O–H groups in total. The third kappa shape index (κ3) is 18.6. The summed E-state index contributed by atoms with van der Waals surface area (Å²) < 4.78 is 0. The van der Waals surface area contributed by atoms with Crippen LogP contribution in [0.4, 0.5) is 0 Å². The number of nitrogens with one attached hydrogen (secondary N) is 5. The van der Waals surface area contributed by atoms with E-state index in [1.54, 1.807) is 82.2 Å². The summed E-state index contributed by atoms with van der Waals surface area (Å²) in [7, 11) is 6.97. The molecule has 0 saturated heterocycles. The van der Waals surface area contributed by atoms with Gasteiger partial charge in [0.1, 0.15) is 36.8 Å². The first-order valence-electron chi connectivity index (χ1n) is 19.9. The van der Waals surface area contributed by atoms with Crippen LogP contribution in [0.3, 0.4) is 0 Å². The second kappa shape index (κ2) is 24.9. The van der Waals surface area contributed by atoms with Gasteiger partial charge in [-0.25, -0.2) is 9.79 Å². The van der Waals surface area contributed by atoms with E-state index in [1.807, 2.05) is 0 Å². The zero-order valence-electron chi connectivity index (χ0n) is 35.0. The van der Waals surface area contributed by atoms with E-state index in [-0.39, 0.29) is 50.5 Å². The summed E-state index contributed by atoms with van der Waals surface area (Å²) in [6.45, 7) is 3.19. The van der Waals surface area contributed by atoms with Gasteiger partial charge < -0.3 is 52.3 Å². The molecular weight excluding hydrogens is 766 g/mol. The molecule has 0 aromatic heterocycles. The minimum Gasteiger partial charge on any atom is -0.481 e. The van der Waals surface area contributed by atoms with Crippen molar-refractivity contribution in [3.05, 3.63) is 35.9 Å². The number of aliphatic carboxylic acids is 2. The first-order chi connectivity index (χ1) is 27.8. The van der Waals surface area contributed by atoms with Gasteiger partial charge in [-0.2, -0.15) is 0 Å². The van der Waals surface area contributed by atoms with Gasteiger partial charge in [0.05, 0.1) is 6.42 Å². The first kappa shape index (κ1) is 49.4. The average Bonchev–Trinajstić information content (AvgIpc) is 3.15. The molecule has 1 saturated carbocycles. The SMILES string of the molecule is CC(C)C[C@H](NC(=O)[C@H](CC(=O)O)NC(=O)[C@H](CC1CCCCC1)NC(=O)[C@H](CCC(N)=O)NC(=O)CN=C(N(C)C)N(C)C)C(=O)N[C@@H](Cc1ccccc1)C(=O)O. The fraction of sp³-hybridized carbons (Fsp3) is 0.625. The van der Waals surface area contributed by atoms with Gasteiger partial charge in [-0.05, 0) is 36.7 Å². The van der Waals surface area contributed by atoms with Crippen LogP contribution in [0.25, 0.3) is 0 Å². The minimum absolute atomic E-state index is 0.00720. The second-order valence-corrected chi connectivity index (χ2v) is 15.8. The fourth-order valence-corrected chi connectivity index (χ4v) is 6.83. The summed E-state index contributed by atoms with van der Waals surface area (Å²) in [4.78, 5) is 112. The maximum atomic E-state index is 14.0. The van der Waals surface area contributed by atoms with Crippen LogP contribution in [-0.2, 0) is 44.8 Å². The lowest BCUT2D eigenvalue weighted by molar-refractivity contribution is -0.143. The number of primary amides is 1. The molecular formula is C40H63N9O10. The number of nitrogens with zero attached hydrogens (tertiary/aromatic N) is 3. The maximum Gasteiger partial charge on any atom is 0.326 e. The standard InChI is InChI=1S/C40H63N9O10/c1-24(2)19-28(36(55)47-31(39(58)59)21-26-15-11-8-12-16-26)44-38(57)30(22-34(52)53)46-37(56)29(20-25-13-9-7-10-14-25)45-35(54)27(17-18-32(41)50)43-33(51)23-42-40(48(3)4)49(5)6/h8,11-12,15-16,24-25,27-31H,7,9-10,13-14,17-23H2,1-6H3,(H2,41,50)(H,43,51)(H,44,57)(H,45,54)(H,46,56)(H,47,55)(H,52,53)(H,58,59)/t27-,28-,29-,30-,31-/m0/s1. The lowest BCUT2D eigenvalue weighted by Crippen LogP contribution is -2.59. The van der Waals surface area contributed by atoms with Crippen LogP contribution >= 0.6 is 0 Å². The van der Waals surface area contributed by atoms with Gasteiger partial charge in [0, 0.05) is 41.0 Å². The predicted molar refractivity (Wildman–Crippen MR) is 218 cm³/mol. The molecule has 1 fully saturated rings. The quantitative estimate of drug-likeness (QED) is 0.0534. The van der Waals surface area contributed by atoms with Crippen LogP contribution < -0.4 is 32.3 Å². The molecule has 5 atom stereocenters. The summed E-state index contributed by atoms with van der Waals surface area (Å²) in [6, 6.07) is 1.69. The molecule has 2 rings (SSSR count). The molecule has 0 heterocycles. The van der Waals surface area contributed by atoms with Crippen molar-refractivity contribution in [2.24, 2.45) is 22.6 Å². The maximum absolute atomic E-state index is 14.0. The van der Waals surface area contributed by atoms with E-state index in [0.717, 1.165) is 32.1 Å². The number of rotatable bonds is 23. The van der Waals surface area contributed by atoms with Gasteiger partial charge in [0.15, 0.2) is 5.96 Å². The molecule has 19 nitrogen and oxygen atoms in total. The van der Waals surface area contributed by atoms with E-state index < -0.39 is 84.0 Å². The molecule has 0 aliphatic heterocycles. The summed E-state index contributed by atoms with van der Waals surface area (Å²) >= 11 is 0. The normalized spacial score (nSPS) is 15.2. The van der Waals surface area contributed by atoms with Gasteiger partial charge in [-0.1, -0.05) is 76.3 Å². The van der Waals surface area contributed by atoms with Gasteiger partial charge in [0.25, 0.3) is 0 Å². The van der Waals surface area contributed by atoms with Crippen molar-refractivity contribution < 1.29 is 48.6 Å². The van der Waals surface area contributed by atoms with E-state index in [4.69, 9.17) is 5.73 Å². The zero-order chi connectivity index (χ0) is 44.2. The van der Waals surface area contributed by atoms with Crippen molar-refractivity contribution in [2.75, 3.05) is 34.7 Å². The predicted octanol–water partition coefficient (Wildman–Crippen LogP) is -0.0264. The minimum atomic E-state index is -1.71. The molecule has 1 aliphatic carbocycles. The Labute approximate surface area is 345 Å². The third-order valence-corrected chi connectivity index (χ3v) is 9.67. The van der Waals surface area contributed by atoms with Crippen LogP contribution in [0, 0.1) is 11.8 Å². The lowest BCUT2D eigenvalue weighted by Gasteiger charge is -2.29. The number of carboxylic acids is 2. The number of benzene rings is 1. The first-order valence-corrected chi connectivity index (χ1v) is 19.9. The van der Waals surface area contributed by atoms with Crippen LogP contribution in [0.2, 0.25) is 0 Å². The van der Waals surface area contributed by atoms with Crippen LogP contribution in [0.5, 0.6) is 0 Å². The molecule has 0 radical (unpaired) electrons. The molecule has 1 aromatic rings. The molecule has 0 bridgehead atoms. The van der Waals surface area contributed by atoms with Gasteiger partial charge >= 0.3 is 11.9 Å². The Morgan fingerprint density at radius 2 is 1.25 bits per heavy atom. The van der Waals surface area contributed by atoms with Crippen molar-refractivity contribution in [2.45, 2.75) is 115 Å². The Kier molecular flexibility index (Phi) is 20.8. The number of carboxylic acid groups (broad SMARTS) is 2. The van der Waals surface area contributed by atoms with E-state index in [9.17, 15) is 48.6 Å². The Morgan fingerprint density at radius 3 is 1.80 bits per heavy atom. The molecule has 6 amide bonds. The number of amides is 6. The molecule has 328 valence electrons. The number of hydrogen-bond acceptors (Lipinski definition) is 9. The Bertz CT molecular complexity index is 1620. The fourth-order valence-electron chi connectivity index (χ4n) is 6.83. The molecule has 0 spiro atoms. The molecule has 1 aliphatic rings. The van der Waals surface area contributed by atoms with Crippen LogP contribution in [0.15, 0.2) is 35.3 Å². The number of guanidine groups is 1. The Balaban J connectivity index is 2.35. The average molecular weight is 830 g/mol. The number of carbonyl (C=O) groups excluding carboxylic acids is 6. The van der Waals surface area contributed by atoms with Crippen LogP contribution in [0.1, 0.15) is 83.6 Å². The lowest BCUT2D eigenvalue weighted by atomic mass is 9.84. The number of hydrogen-bond donors (Lipinski definition) is 8. The van der Waals surface area contributed by atoms with E-state index >= 15 is 0 Å². The highest BCUT2D eigenvalue weighted by Gasteiger charge is 2.35. The van der Waals surface area contributed by atoms with Gasteiger partial charge in [-0.15, -0.1) is 0 Å². The highest BCUT2D eigenvalue weighted by Crippen LogP contribution is 2.27. The molecule has 0 unspecified atom stereocenters. The number of aliphatic imine (C=N–C) groups is 1. The molecule has 19 heteroatoms. The van der Waals surface area contributed by atoms with Crippen molar-refractivity contribution in [3.8, 4) is 0 Å². The van der Waals surface area contributed by atoms with Gasteiger partial charge in [-0.3, -0.25) is 33.6 Å². The zero-order valence-corrected chi connectivity index (χ0v) is 35.0. The monoisotopic (exact) mass is 829 g/mol. The van der Waals surface area contributed by atoms with Crippen molar-refractivity contribution in [1.29, 1.82) is 0 Å².